The molecule has 0 bridgehead atoms. The second-order valence-corrected chi connectivity index (χ2v) is 12.9. The molecule has 1 atom stereocenters. The molecule has 0 aromatic heterocycles. The highest BCUT2D eigenvalue weighted by molar-refractivity contribution is 6.16. The van der Waals surface area contributed by atoms with E-state index in [9.17, 15) is 0 Å². The van der Waals surface area contributed by atoms with Crippen LogP contribution in [0.4, 0.5) is 0 Å². The van der Waals surface area contributed by atoms with Gasteiger partial charge in [-0.1, -0.05) is 158 Å². The molecule has 2 aliphatic heterocycles. The molecule has 1 aliphatic carbocycles. The topological polar surface area (TPSA) is 46.0 Å². The number of nitrogens with one attached hydrogen (secondary N) is 1. The van der Waals surface area contributed by atoms with E-state index < -0.39 is 11.6 Å². The van der Waals surface area contributed by atoms with Crippen LogP contribution in [0.5, 0.6) is 11.5 Å². The van der Waals surface area contributed by atoms with Gasteiger partial charge in [-0.25, -0.2) is 9.98 Å². The van der Waals surface area contributed by atoms with Crippen molar-refractivity contribution in [2.24, 2.45) is 9.98 Å². The zero-order valence-electron chi connectivity index (χ0n) is 27.1. The Hall–Kier alpha value is -6.52. The van der Waals surface area contributed by atoms with E-state index in [1.165, 1.54) is 22.3 Å². The molecule has 1 spiro atoms. The second kappa shape index (κ2) is 11.3. The lowest BCUT2D eigenvalue weighted by Crippen LogP contribution is -2.36. The molecule has 50 heavy (non-hydrogen) atoms. The summed E-state index contributed by atoms with van der Waals surface area (Å²) in [5.41, 5.74) is 12.0. The van der Waals surface area contributed by atoms with Crippen molar-refractivity contribution < 1.29 is 4.74 Å². The van der Waals surface area contributed by atoms with E-state index in [-0.39, 0.29) is 0 Å². The second-order valence-electron chi connectivity index (χ2n) is 12.9. The highest BCUT2D eigenvalue weighted by atomic mass is 16.5. The number of ether oxygens (including phenoxy) is 1. The van der Waals surface area contributed by atoms with Crippen LogP contribution in [0, 0.1) is 0 Å². The van der Waals surface area contributed by atoms with Crippen LogP contribution in [-0.2, 0) is 5.41 Å². The molecule has 7 aromatic rings. The van der Waals surface area contributed by atoms with Crippen LogP contribution in [0.25, 0.3) is 22.3 Å². The number of aliphatic imine (C=N–C) groups is 2. The van der Waals surface area contributed by atoms with Crippen molar-refractivity contribution in [3.05, 3.63) is 215 Å². The summed E-state index contributed by atoms with van der Waals surface area (Å²) >= 11 is 0. The van der Waals surface area contributed by atoms with E-state index >= 15 is 0 Å². The highest BCUT2D eigenvalue weighted by Crippen LogP contribution is 2.62. The summed E-state index contributed by atoms with van der Waals surface area (Å²) in [6.07, 6.45) is -0.443. The average molecular weight is 642 g/mol. The zero-order valence-corrected chi connectivity index (χ0v) is 27.1. The van der Waals surface area contributed by atoms with Crippen LogP contribution in [0.15, 0.2) is 186 Å². The summed E-state index contributed by atoms with van der Waals surface area (Å²) < 4.78 is 6.56. The van der Waals surface area contributed by atoms with Gasteiger partial charge in [-0.15, -0.1) is 0 Å². The average Bonchev–Trinajstić information content (AvgIpc) is 3.48. The first kappa shape index (κ1) is 28.5. The summed E-state index contributed by atoms with van der Waals surface area (Å²) in [6, 6.07) is 61.9. The van der Waals surface area contributed by atoms with Gasteiger partial charge >= 0.3 is 0 Å². The number of fused-ring (bicyclic) bond motifs is 9. The van der Waals surface area contributed by atoms with Gasteiger partial charge in [-0.05, 0) is 51.6 Å². The van der Waals surface area contributed by atoms with Gasteiger partial charge in [0, 0.05) is 27.8 Å². The normalized spacial score (nSPS) is 16.1. The van der Waals surface area contributed by atoms with Gasteiger partial charge in [-0.3, -0.25) is 0 Å². The van der Waals surface area contributed by atoms with E-state index in [1.54, 1.807) is 0 Å². The summed E-state index contributed by atoms with van der Waals surface area (Å²) in [7, 11) is 0. The Bertz CT molecular complexity index is 2450. The van der Waals surface area contributed by atoms with E-state index in [0.29, 0.717) is 0 Å². The predicted octanol–water partition coefficient (Wildman–Crippen LogP) is 10.3. The number of benzene rings is 7. The van der Waals surface area contributed by atoms with Crippen LogP contribution in [-0.4, -0.2) is 11.7 Å². The van der Waals surface area contributed by atoms with Crippen LogP contribution in [0.1, 0.15) is 45.1 Å². The van der Waals surface area contributed by atoms with E-state index in [4.69, 9.17) is 14.7 Å². The lowest BCUT2D eigenvalue weighted by molar-refractivity contribution is 0.436. The molecule has 7 aromatic carbocycles. The maximum atomic E-state index is 6.56. The molecule has 0 fully saturated rings. The molecule has 4 heteroatoms. The molecule has 1 unspecified atom stereocenters. The fourth-order valence-corrected chi connectivity index (χ4v) is 8.08. The molecule has 3 aliphatic rings. The Balaban J connectivity index is 1.19. The summed E-state index contributed by atoms with van der Waals surface area (Å²) in [4.78, 5) is 10.6. The molecule has 4 nitrogen and oxygen atoms in total. The zero-order chi connectivity index (χ0) is 33.1. The Morgan fingerprint density at radius 3 is 1.64 bits per heavy atom. The minimum Gasteiger partial charge on any atom is -0.457 e. The van der Waals surface area contributed by atoms with Crippen LogP contribution < -0.4 is 10.1 Å². The SMILES string of the molecule is c1ccc(C2=NC(c3ccccc3-c3ccccc3)N=C(c3ccc4c(c3)C3(c5ccccc5Oc5ccccc53)c3ccccc3-4)N2)cc1. The molecule has 2 heterocycles. The van der Waals surface area contributed by atoms with Crippen molar-refractivity contribution in [2.75, 3.05) is 0 Å². The number of hydrogen-bond donors (Lipinski definition) is 1. The first-order chi connectivity index (χ1) is 24.8. The molecular weight excluding hydrogens is 611 g/mol. The first-order valence-electron chi connectivity index (χ1n) is 17.0. The largest absolute Gasteiger partial charge is 0.457 e. The molecule has 0 saturated carbocycles. The smallest absolute Gasteiger partial charge is 0.170 e. The lowest BCUT2D eigenvalue weighted by atomic mass is 9.66. The molecule has 1 N–H and O–H groups in total. The Morgan fingerprint density at radius 1 is 0.420 bits per heavy atom. The van der Waals surface area contributed by atoms with Crippen molar-refractivity contribution >= 4 is 11.7 Å². The maximum Gasteiger partial charge on any atom is 0.170 e. The number of nitrogens with zero attached hydrogens (tertiary/aromatic N) is 2. The van der Waals surface area contributed by atoms with Gasteiger partial charge in [0.1, 0.15) is 23.2 Å². The number of hydrogen-bond acceptors (Lipinski definition) is 4. The van der Waals surface area contributed by atoms with Crippen molar-refractivity contribution in [1.29, 1.82) is 0 Å². The molecule has 236 valence electrons. The first-order valence-corrected chi connectivity index (χ1v) is 17.0. The van der Waals surface area contributed by atoms with Gasteiger partial charge in [0.05, 0.1) is 5.41 Å². The van der Waals surface area contributed by atoms with E-state index in [0.717, 1.165) is 62.1 Å². The van der Waals surface area contributed by atoms with Gasteiger partial charge in [0.25, 0.3) is 0 Å². The van der Waals surface area contributed by atoms with Gasteiger partial charge in [0.15, 0.2) is 6.17 Å². The monoisotopic (exact) mass is 641 g/mol. The quantitative estimate of drug-likeness (QED) is 0.208. The van der Waals surface area contributed by atoms with E-state index in [1.807, 2.05) is 24.3 Å². The Labute approximate surface area is 291 Å². The van der Waals surface area contributed by atoms with E-state index in [2.05, 4.69) is 157 Å². The highest BCUT2D eigenvalue weighted by Gasteiger charge is 2.51. The summed E-state index contributed by atoms with van der Waals surface area (Å²) in [5.74, 6) is 3.34. The third kappa shape index (κ3) is 4.25. The van der Waals surface area contributed by atoms with Crippen LogP contribution >= 0.6 is 0 Å². The van der Waals surface area contributed by atoms with Crippen molar-refractivity contribution in [3.63, 3.8) is 0 Å². The lowest BCUT2D eigenvalue weighted by Gasteiger charge is -2.39. The molecule has 0 radical (unpaired) electrons. The fourth-order valence-electron chi connectivity index (χ4n) is 8.08. The predicted molar refractivity (Wildman–Crippen MR) is 201 cm³/mol. The Morgan fingerprint density at radius 2 is 0.940 bits per heavy atom. The van der Waals surface area contributed by atoms with Crippen LogP contribution in [0.2, 0.25) is 0 Å². The molecule has 0 amide bonds. The maximum absolute atomic E-state index is 6.56. The minimum atomic E-state index is -0.557. The van der Waals surface area contributed by atoms with Gasteiger partial charge < -0.3 is 10.1 Å². The third-order valence-electron chi connectivity index (χ3n) is 10.2. The van der Waals surface area contributed by atoms with Crippen molar-refractivity contribution in [2.45, 2.75) is 11.6 Å². The van der Waals surface area contributed by atoms with Gasteiger partial charge in [0.2, 0.25) is 0 Å². The molecule has 0 saturated heterocycles. The molecular formula is C46H31N3O. The van der Waals surface area contributed by atoms with Crippen molar-refractivity contribution in [1.82, 2.24) is 5.32 Å². The summed E-state index contributed by atoms with van der Waals surface area (Å²) in [5, 5.41) is 3.66. The third-order valence-corrected chi connectivity index (χ3v) is 10.2. The number of rotatable bonds is 4. The minimum absolute atomic E-state index is 0.443. The standard InChI is InChI=1S/C46H31N3O/c1-3-15-30(16-4-1)33-19-7-8-21-36(33)45-48-43(31-17-5-2-6-18-31)47-44(49-45)32-27-28-35-34-20-9-10-22-37(34)46(40(35)29-32)38-23-11-13-25-41(38)50-42-26-14-12-24-39(42)46/h1-29,45H,(H,47,48,49). The number of amidine groups is 2. The molecule has 10 rings (SSSR count). The number of para-hydroxylation sites is 2. The Kier molecular flexibility index (Phi) is 6.43. The van der Waals surface area contributed by atoms with Crippen LogP contribution in [0.3, 0.4) is 0 Å². The van der Waals surface area contributed by atoms with Crippen molar-refractivity contribution in [3.8, 4) is 33.8 Å². The summed E-state index contributed by atoms with van der Waals surface area (Å²) in [6.45, 7) is 0. The fraction of sp³-hybridized carbons (Fsp3) is 0.0435. The van der Waals surface area contributed by atoms with Gasteiger partial charge in [-0.2, -0.15) is 0 Å².